The van der Waals surface area contributed by atoms with Crippen LogP contribution in [-0.2, 0) is 16.4 Å². The Bertz CT molecular complexity index is 747. The number of benzene rings is 2. The topological polar surface area (TPSA) is 70.0 Å². The van der Waals surface area contributed by atoms with E-state index in [9.17, 15) is 8.42 Å². The number of nitriles is 1. The Kier molecular flexibility index (Phi) is 5.31. The van der Waals surface area contributed by atoms with Crippen molar-refractivity contribution < 1.29 is 8.42 Å². The van der Waals surface area contributed by atoms with Gasteiger partial charge in [0.1, 0.15) is 0 Å². The van der Waals surface area contributed by atoms with Gasteiger partial charge in [0.15, 0.2) is 0 Å². The van der Waals surface area contributed by atoms with Crippen molar-refractivity contribution in [2.24, 2.45) is 0 Å². The van der Waals surface area contributed by atoms with Gasteiger partial charge in [0.05, 0.1) is 16.5 Å². The molecule has 2 rings (SSSR count). The molecule has 0 bridgehead atoms. The Morgan fingerprint density at radius 2 is 1.73 bits per heavy atom. The fourth-order valence-electron chi connectivity index (χ4n) is 2.13. The van der Waals surface area contributed by atoms with E-state index in [1.165, 1.54) is 29.8 Å². The molecular formula is C17H18N2O2S. The number of hydrogen-bond acceptors (Lipinski definition) is 3. The average molecular weight is 314 g/mol. The number of sulfonamides is 1. The van der Waals surface area contributed by atoms with E-state index in [4.69, 9.17) is 5.26 Å². The number of hydrogen-bond donors (Lipinski definition) is 1. The summed E-state index contributed by atoms with van der Waals surface area (Å²) < 4.78 is 27.2. The second-order valence-corrected chi connectivity index (χ2v) is 6.90. The first-order valence-corrected chi connectivity index (χ1v) is 8.56. The summed E-state index contributed by atoms with van der Waals surface area (Å²) >= 11 is 0. The van der Waals surface area contributed by atoms with Crippen LogP contribution in [0.25, 0.3) is 0 Å². The minimum atomic E-state index is -3.55. The first kappa shape index (κ1) is 16.2. The van der Waals surface area contributed by atoms with Crippen LogP contribution in [0.15, 0.2) is 59.5 Å². The Balaban J connectivity index is 1.97. The van der Waals surface area contributed by atoms with Crippen LogP contribution in [0.1, 0.15) is 24.5 Å². The maximum Gasteiger partial charge on any atom is 0.240 e. The lowest BCUT2D eigenvalue weighted by atomic mass is 10.1. The van der Waals surface area contributed by atoms with Crippen LogP contribution in [0.4, 0.5) is 0 Å². The summed E-state index contributed by atoms with van der Waals surface area (Å²) in [6.45, 7) is 1.85. The molecule has 0 heterocycles. The fourth-order valence-corrected chi connectivity index (χ4v) is 3.41. The first-order valence-electron chi connectivity index (χ1n) is 7.08. The van der Waals surface area contributed by atoms with Crippen molar-refractivity contribution >= 4 is 10.0 Å². The summed E-state index contributed by atoms with van der Waals surface area (Å²) in [5.41, 5.74) is 1.63. The van der Waals surface area contributed by atoms with Crippen molar-refractivity contribution in [1.82, 2.24) is 4.72 Å². The van der Waals surface area contributed by atoms with Gasteiger partial charge in [-0.3, -0.25) is 0 Å². The minimum absolute atomic E-state index is 0.166. The predicted molar refractivity (Wildman–Crippen MR) is 85.7 cm³/mol. The Labute approximate surface area is 131 Å². The standard InChI is InChI=1S/C17H18N2O2S/c1-14(7-8-15-5-3-2-4-6-15)19-22(20,21)17-11-9-16(13-18)10-12-17/h2-6,9-12,14,19H,7-8H2,1H3/t14-/m1/s1. The smallest absolute Gasteiger partial charge is 0.208 e. The maximum atomic E-state index is 12.3. The summed E-state index contributed by atoms with van der Waals surface area (Å²) in [6, 6.07) is 17.7. The molecule has 0 aliphatic heterocycles. The summed E-state index contributed by atoms with van der Waals surface area (Å²) in [6.07, 6.45) is 1.54. The molecule has 0 aromatic heterocycles. The van der Waals surface area contributed by atoms with Crippen LogP contribution in [0.3, 0.4) is 0 Å². The van der Waals surface area contributed by atoms with Gasteiger partial charge >= 0.3 is 0 Å². The molecule has 0 spiro atoms. The Hall–Kier alpha value is -2.16. The van der Waals surface area contributed by atoms with E-state index < -0.39 is 10.0 Å². The zero-order chi connectivity index (χ0) is 16.0. The molecule has 0 saturated heterocycles. The Morgan fingerprint density at radius 3 is 2.32 bits per heavy atom. The summed E-state index contributed by atoms with van der Waals surface area (Å²) in [5, 5.41) is 8.74. The Morgan fingerprint density at radius 1 is 1.09 bits per heavy atom. The molecule has 0 saturated carbocycles. The zero-order valence-electron chi connectivity index (χ0n) is 12.4. The van der Waals surface area contributed by atoms with Crippen LogP contribution in [0, 0.1) is 11.3 Å². The normalized spacial score (nSPS) is 12.5. The van der Waals surface area contributed by atoms with Crippen LogP contribution < -0.4 is 4.72 Å². The lowest BCUT2D eigenvalue weighted by molar-refractivity contribution is 0.547. The molecular weight excluding hydrogens is 296 g/mol. The highest BCUT2D eigenvalue weighted by molar-refractivity contribution is 7.89. The third-order valence-corrected chi connectivity index (χ3v) is 4.96. The van der Waals surface area contributed by atoms with Gasteiger partial charge in [-0.15, -0.1) is 0 Å². The number of rotatable bonds is 6. The van der Waals surface area contributed by atoms with Crippen molar-refractivity contribution in [3.05, 3.63) is 65.7 Å². The van der Waals surface area contributed by atoms with Crippen molar-refractivity contribution in [3.63, 3.8) is 0 Å². The summed E-state index contributed by atoms with van der Waals surface area (Å²) in [7, 11) is -3.55. The van der Waals surface area contributed by atoms with E-state index in [1.807, 2.05) is 43.3 Å². The van der Waals surface area contributed by atoms with E-state index in [-0.39, 0.29) is 10.9 Å². The van der Waals surface area contributed by atoms with Gasteiger partial charge < -0.3 is 0 Å². The highest BCUT2D eigenvalue weighted by Crippen LogP contribution is 2.12. The van der Waals surface area contributed by atoms with Crippen LogP contribution in [-0.4, -0.2) is 14.5 Å². The highest BCUT2D eigenvalue weighted by atomic mass is 32.2. The maximum absolute atomic E-state index is 12.3. The van der Waals surface area contributed by atoms with Crippen LogP contribution >= 0.6 is 0 Å². The third-order valence-electron chi connectivity index (χ3n) is 3.36. The molecule has 5 heteroatoms. The molecule has 0 amide bonds. The first-order chi connectivity index (χ1) is 10.5. The van der Waals surface area contributed by atoms with E-state index >= 15 is 0 Å². The molecule has 114 valence electrons. The lowest BCUT2D eigenvalue weighted by Crippen LogP contribution is -2.32. The van der Waals surface area contributed by atoms with Gasteiger partial charge in [-0.05, 0) is 49.6 Å². The molecule has 0 aliphatic carbocycles. The number of nitrogens with zero attached hydrogens (tertiary/aromatic N) is 1. The molecule has 4 nitrogen and oxygen atoms in total. The zero-order valence-corrected chi connectivity index (χ0v) is 13.2. The lowest BCUT2D eigenvalue weighted by Gasteiger charge is -2.14. The third kappa shape index (κ3) is 4.42. The van der Waals surface area contributed by atoms with E-state index in [0.717, 1.165) is 12.8 Å². The molecule has 0 radical (unpaired) electrons. The van der Waals surface area contributed by atoms with Crippen molar-refractivity contribution in [2.45, 2.75) is 30.7 Å². The van der Waals surface area contributed by atoms with Gasteiger partial charge in [-0.2, -0.15) is 5.26 Å². The molecule has 0 fully saturated rings. The van der Waals surface area contributed by atoms with E-state index in [1.54, 1.807) is 0 Å². The largest absolute Gasteiger partial charge is 0.240 e. The predicted octanol–water partition coefficient (Wildman–Crippen LogP) is 2.86. The second-order valence-electron chi connectivity index (χ2n) is 5.18. The number of nitrogens with one attached hydrogen (secondary N) is 1. The summed E-state index contributed by atoms with van der Waals surface area (Å²) in [5.74, 6) is 0. The van der Waals surface area contributed by atoms with E-state index in [2.05, 4.69) is 4.72 Å². The summed E-state index contributed by atoms with van der Waals surface area (Å²) in [4.78, 5) is 0.179. The van der Waals surface area contributed by atoms with Gasteiger partial charge in [0.2, 0.25) is 10.0 Å². The molecule has 2 aromatic carbocycles. The average Bonchev–Trinajstić information content (AvgIpc) is 2.53. The van der Waals surface area contributed by atoms with Gasteiger partial charge in [0, 0.05) is 6.04 Å². The quantitative estimate of drug-likeness (QED) is 0.891. The molecule has 0 aliphatic rings. The second kappa shape index (κ2) is 7.21. The van der Waals surface area contributed by atoms with Crippen molar-refractivity contribution in [2.75, 3.05) is 0 Å². The van der Waals surface area contributed by atoms with Crippen LogP contribution in [0.2, 0.25) is 0 Å². The fraction of sp³-hybridized carbons (Fsp3) is 0.235. The van der Waals surface area contributed by atoms with Gasteiger partial charge in [0.25, 0.3) is 0 Å². The molecule has 22 heavy (non-hydrogen) atoms. The minimum Gasteiger partial charge on any atom is -0.208 e. The molecule has 2 aromatic rings. The molecule has 0 unspecified atom stereocenters. The van der Waals surface area contributed by atoms with Gasteiger partial charge in [-0.25, -0.2) is 13.1 Å². The van der Waals surface area contributed by atoms with Crippen molar-refractivity contribution in [3.8, 4) is 6.07 Å². The van der Waals surface area contributed by atoms with Crippen LogP contribution in [0.5, 0.6) is 0 Å². The van der Waals surface area contributed by atoms with Crippen molar-refractivity contribution in [1.29, 1.82) is 5.26 Å². The monoisotopic (exact) mass is 314 g/mol. The SMILES string of the molecule is C[C@H](CCc1ccccc1)NS(=O)(=O)c1ccc(C#N)cc1. The molecule has 1 N–H and O–H groups in total. The van der Waals surface area contributed by atoms with E-state index in [0.29, 0.717) is 5.56 Å². The highest BCUT2D eigenvalue weighted by Gasteiger charge is 2.17. The number of aryl methyl sites for hydroxylation is 1. The molecule has 1 atom stereocenters. The van der Waals surface area contributed by atoms with Gasteiger partial charge in [-0.1, -0.05) is 30.3 Å².